The summed E-state index contributed by atoms with van der Waals surface area (Å²) in [6.07, 6.45) is 5.41. The van der Waals surface area contributed by atoms with Crippen LogP contribution in [0.1, 0.15) is 35.6 Å². The summed E-state index contributed by atoms with van der Waals surface area (Å²) >= 11 is 0. The molecule has 0 N–H and O–H groups in total. The van der Waals surface area contributed by atoms with Crippen molar-refractivity contribution in [3.63, 3.8) is 0 Å². The highest BCUT2D eigenvalue weighted by atomic mass is 19.1. The molecule has 0 radical (unpaired) electrons. The van der Waals surface area contributed by atoms with Crippen LogP contribution in [0.3, 0.4) is 0 Å². The number of aromatic nitrogens is 2. The van der Waals surface area contributed by atoms with Crippen molar-refractivity contribution in [3.05, 3.63) is 77.4 Å². The fourth-order valence-electron chi connectivity index (χ4n) is 4.73. The Bertz CT molecular complexity index is 1160. The summed E-state index contributed by atoms with van der Waals surface area (Å²) in [5.74, 6) is 0.227. The van der Waals surface area contributed by atoms with E-state index >= 15 is 0 Å². The zero-order valence-electron chi connectivity index (χ0n) is 18.0. The molecule has 0 aliphatic carbocycles. The van der Waals surface area contributed by atoms with Crippen LogP contribution in [0.4, 0.5) is 8.78 Å². The first-order chi connectivity index (χ1) is 15.5. The minimum absolute atomic E-state index is 0.0467. The monoisotopic (exact) mass is 438 g/mol. The van der Waals surface area contributed by atoms with Gasteiger partial charge in [-0.1, -0.05) is 5.16 Å². The molecular weight excluding hydrogens is 414 g/mol. The second kappa shape index (κ2) is 8.26. The minimum Gasteiger partial charge on any atom is -0.495 e. The van der Waals surface area contributed by atoms with Crippen molar-refractivity contribution >= 4 is 5.84 Å². The Kier molecular flexibility index (Phi) is 5.28. The summed E-state index contributed by atoms with van der Waals surface area (Å²) in [6.45, 7) is 3.10. The van der Waals surface area contributed by atoms with Crippen LogP contribution in [0.2, 0.25) is 0 Å². The van der Waals surface area contributed by atoms with E-state index in [-0.39, 0.29) is 12.0 Å². The van der Waals surface area contributed by atoms with E-state index in [1.165, 1.54) is 12.1 Å². The van der Waals surface area contributed by atoms with Crippen molar-refractivity contribution in [2.45, 2.75) is 31.7 Å². The van der Waals surface area contributed by atoms with Gasteiger partial charge < -0.3 is 19.0 Å². The highest BCUT2D eigenvalue weighted by Crippen LogP contribution is 2.37. The number of piperidine rings is 1. The molecule has 2 atom stereocenters. The highest BCUT2D eigenvalue weighted by molar-refractivity contribution is 5.99. The van der Waals surface area contributed by atoms with Gasteiger partial charge in [-0.05, 0) is 55.7 Å². The third kappa shape index (κ3) is 3.70. The molecule has 0 bridgehead atoms. The number of aryl methyl sites for hydroxylation is 1. The van der Waals surface area contributed by atoms with Gasteiger partial charge in [-0.2, -0.15) is 0 Å². The average Bonchev–Trinajstić information content (AvgIpc) is 3.23. The molecule has 2 unspecified atom stereocenters. The maximum atomic E-state index is 13.9. The number of oxime groups is 1. The van der Waals surface area contributed by atoms with Crippen LogP contribution in [-0.4, -0.2) is 46.6 Å². The van der Waals surface area contributed by atoms with Crippen molar-refractivity contribution in [2.24, 2.45) is 5.16 Å². The molecule has 0 amide bonds. The predicted molar refractivity (Wildman–Crippen MR) is 116 cm³/mol. The summed E-state index contributed by atoms with van der Waals surface area (Å²) in [4.78, 5) is 12.1. The number of imidazole rings is 1. The first-order valence-corrected chi connectivity index (χ1v) is 10.7. The summed E-state index contributed by atoms with van der Waals surface area (Å²) < 4.78 is 35.3. The largest absolute Gasteiger partial charge is 0.495 e. The number of hydrogen-bond acceptors (Lipinski definition) is 5. The third-order valence-corrected chi connectivity index (χ3v) is 6.19. The zero-order valence-corrected chi connectivity index (χ0v) is 18.0. The van der Waals surface area contributed by atoms with E-state index in [1.54, 1.807) is 13.4 Å². The minimum atomic E-state index is -0.558. The molecular formula is C24H24F2N4O2. The molecule has 1 saturated heterocycles. The number of hydrogen-bond donors (Lipinski definition) is 0. The molecule has 2 aliphatic rings. The quantitative estimate of drug-likeness (QED) is 0.606. The number of fused-ring (bicyclic) bond motifs is 1. The summed E-state index contributed by atoms with van der Waals surface area (Å²) in [5.41, 5.74) is 3.30. The fraction of sp³-hybridized carbons (Fsp3) is 0.333. The molecule has 3 aromatic rings. The van der Waals surface area contributed by atoms with Gasteiger partial charge in [0.25, 0.3) is 0 Å². The predicted octanol–water partition coefficient (Wildman–Crippen LogP) is 4.41. The van der Waals surface area contributed by atoms with E-state index in [9.17, 15) is 8.78 Å². The summed E-state index contributed by atoms with van der Waals surface area (Å²) in [6, 6.07) is 9.57. The van der Waals surface area contributed by atoms with Crippen LogP contribution in [0, 0.1) is 18.6 Å². The number of methoxy groups -OCH3 is 1. The van der Waals surface area contributed by atoms with E-state index < -0.39 is 11.6 Å². The number of halogens is 2. The van der Waals surface area contributed by atoms with Gasteiger partial charge in [-0.25, -0.2) is 13.8 Å². The molecule has 8 heteroatoms. The number of ether oxygens (including phenoxy) is 1. The van der Waals surface area contributed by atoms with Gasteiger partial charge in [0.2, 0.25) is 0 Å². The normalized spacial score (nSPS) is 20.4. The van der Waals surface area contributed by atoms with Gasteiger partial charge in [0, 0.05) is 30.3 Å². The maximum Gasteiger partial charge on any atom is 0.175 e. The molecule has 0 spiro atoms. The molecule has 166 valence electrons. The van der Waals surface area contributed by atoms with Crippen molar-refractivity contribution in [1.82, 2.24) is 14.5 Å². The lowest BCUT2D eigenvalue weighted by Gasteiger charge is -2.44. The number of nitrogens with zero attached hydrogens (tertiary/aromatic N) is 4. The van der Waals surface area contributed by atoms with E-state index in [4.69, 9.17) is 9.57 Å². The van der Waals surface area contributed by atoms with Gasteiger partial charge in [-0.3, -0.25) is 0 Å². The summed E-state index contributed by atoms with van der Waals surface area (Å²) in [5, 5.41) is 4.35. The van der Waals surface area contributed by atoms with E-state index in [0.29, 0.717) is 23.8 Å². The molecule has 0 saturated carbocycles. The van der Waals surface area contributed by atoms with Crippen LogP contribution >= 0.6 is 0 Å². The van der Waals surface area contributed by atoms with E-state index in [2.05, 4.69) is 15.0 Å². The van der Waals surface area contributed by atoms with Crippen LogP contribution in [0.25, 0.3) is 5.69 Å². The Balaban J connectivity index is 1.47. The van der Waals surface area contributed by atoms with Gasteiger partial charge in [0.05, 0.1) is 30.9 Å². The topological polar surface area (TPSA) is 51.9 Å². The van der Waals surface area contributed by atoms with Gasteiger partial charge >= 0.3 is 0 Å². The average molecular weight is 438 g/mol. The Labute approximate surface area is 185 Å². The number of amidine groups is 1. The second-order valence-corrected chi connectivity index (χ2v) is 8.23. The maximum absolute atomic E-state index is 13.9. The van der Waals surface area contributed by atoms with Crippen molar-refractivity contribution in [1.29, 1.82) is 0 Å². The molecule has 6 nitrogen and oxygen atoms in total. The van der Waals surface area contributed by atoms with Crippen molar-refractivity contribution < 1.29 is 18.4 Å². The second-order valence-electron chi connectivity index (χ2n) is 8.23. The molecule has 5 rings (SSSR count). The lowest BCUT2D eigenvalue weighted by atomic mass is 9.83. The first-order valence-electron chi connectivity index (χ1n) is 10.7. The van der Waals surface area contributed by atoms with Gasteiger partial charge in [0.1, 0.15) is 24.0 Å². The Morgan fingerprint density at radius 2 is 1.94 bits per heavy atom. The Morgan fingerprint density at radius 3 is 2.66 bits per heavy atom. The van der Waals surface area contributed by atoms with E-state index in [1.807, 2.05) is 35.9 Å². The Hall–Kier alpha value is -3.42. The van der Waals surface area contributed by atoms with Crippen molar-refractivity contribution in [3.8, 4) is 11.4 Å². The van der Waals surface area contributed by atoms with Crippen LogP contribution < -0.4 is 4.74 Å². The van der Waals surface area contributed by atoms with E-state index in [0.717, 1.165) is 42.4 Å². The molecule has 1 aromatic heterocycles. The Morgan fingerprint density at radius 1 is 1.12 bits per heavy atom. The van der Waals surface area contributed by atoms with Crippen LogP contribution in [0.15, 0.2) is 54.1 Å². The standard InChI is InChI=1S/C24H24F2N4O2/c1-15-12-29(14-27-15)21-6-5-16(10-23(21)31-2)24-28-32-13-22-20(4-3-7-30(22)24)17-8-18(25)11-19(26)9-17/h5-6,8-12,14,20,22H,3-4,7,13H2,1-2H3. The molecule has 3 heterocycles. The molecule has 32 heavy (non-hydrogen) atoms. The lowest BCUT2D eigenvalue weighted by molar-refractivity contribution is 0.0353. The molecule has 1 fully saturated rings. The fourth-order valence-corrected chi connectivity index (χ4v) is 4.73. The molecule has 2 aliphatic heterocycles. The first kappa shape index (κ1) is 20.5. The van der Waals surface area contributed by atoms with Crippen LogP contribution in [0.5, 0.6) is 5.75 Å². The third-order valence-electron chi connectivity index (χ3n) is 6.19. The lowest BCUT2D eigenvalue weighted by Crippen LogP contribution is -2.52. The van der Waals surface area contributed by atoms with Gasteiger partial charge in [0.15, 0.2) is 5.84 Å². The zero-order chi connectivity index (χ0) is 22.2. The number of rotatable bonds is 4. The smallest absolute Gasteiger partial charge is 0.175 e. The van der Waals surface area contributed by atoms with Gasteiger partial charge in [-0.15, -0.1) is 0 Å². The van der Waals surface area contributed by atoms with Crippen molar-refractivity contribution in [2.75, 3.05) is 20.3 Å². The van der Waals surface area contributed by atoms with Crippen LogP contribution in [-0.2, 0) is 4.84 Å². The summed E-state index contributed by atoms with van der Waals surface area (Å²) in [7, 11) is 1.63. The SMILES string of the molecule is COc1cc(C2=NOCC3C(c4cc(F)cc(F)c4)CCCN23)ccc1-n1cnc(C)c1. The number of benzene rings is 2. The molecule has 2 aromatic carbocycles. The highest BCUT2D eigenvalue weighted by Gasteiger charge is 2.38.